The number of hydrogen-bond acceptors (Lipinski definition) is 4. The van der Waals surface area contributed by atoms with Crippen LogP contribution in [0.15, 0.2) is 66.3 Å². The van der Waals surface area contributed by atoms with Crippen LogP contribution in [0.3, 0.4) is 0 Å². The number of ether oxygens (including phenoxy) is 1. The van der Waals surface area contributed by atoms with Gasteiger partial charge in [0.2, 0.25) is 0 Å². The lowest BCUT2D eigenvalue weighted by molar-refractivity contribution is 0.103. The van der Waals surface area contributed by atoms with Gasteiger partial charge in [0.15, 0.2) is 0 Å². The number of amides is 1. The highest BCUT2D eigenvalue weighted by Crippen LogP contribution is 2.27. The first-order valence-electron chi connectivity index (χ1n) is 10.5. The number of anilines is 1. The molecule has 0 fully saturated rings. The summed E-state index contributed by atoms with van der Waals surface area (Å²) < 4.78 is 21.4. The van der Waals surface area contributed by atoms with E-state index in [1.54, 1.807) is 35.3 Å². The largest absolute Gasteiger partial charge is 0.489 e. The number of halogens is 1. The molecule has 1 aliphatic rings. The highest BCUT2D eigenvalue weighted by atomic mass is 32.1. The number of aryl methyl sites for hydroxylation is 2. The Morgan fingerprint density at radius 2 is 2.03 bits per heavy atom. The number of benzene rings is 2. The zero-order valence-corrected chi connectivity index (χ0v) is 18.2. The predicted octanol–water partition coefficient (Wildman–Crippen LogP) is 5.45. The summed E-state index contributed by atoms with van der Waals surface area (Å²) in [7, 11) is 0. The van der Waals surface area contributed by atoms with E-state index in [4.69, 9.17) is 4.74 Å². The first kappa shape index (κ1) is 20.5. The Labute approximate surface area is 189 Å². The van der Waals surface area contributed by atoms with Crippen molar-refractivity contribution in [3.8, 4) is 5.75 Å². The number of carbonyl (C=O) groups is 1. The maximum Gasteiger partial charge on any atom is 0.265 e. The van der Waals surface area contributed by atoms with Gasteiger partial charge < -0.3 is 10.1 Å². The third kappa shape index (κ3) is 4.57. The van der Waals surface area contributed by atoms with Crippen LogP contribution in [-0.4, -0.2) is 15.7 Å². The minimum atomic E-state index is -0.276. The van der Waals surface area contributed by atoms with Gasteiger partial charge in [-0.1, -0.05) is 24.3 Å². The summed E-state index contributed by atoms with van der Waals surface area (Å²) in [4.78, 5) is 13.2. The average Bonchev–Trinajstić information content (AvgIpc) is 3.54. The maximum absolute atomic E-state index is 13.8. The van der Waals surface area contributed by atoms with Crippen LogP contribution in [0.2, 0.25) is 0 Å². The van der Waals surface area contributed by atoms with Crippen LogP contribution < -0.4 is 10.1 Å². The van der Waals surface area contributed by atoms with Gasteiger partial charge in [-0.2, -0.15) is 5.10 Å². The lowest BCUT2D eigenvalue weighted by Crippen LogP contribution is -2.09. The average molecular weight is 448 g/mol. The Morgan fingerprint density at radius 3 is 2.94 bits per heavy atom. The molecule has 0 saturated heterocycles. The van der Waals surface area contributed by atoms with Crippen molar-refractivity contribution in [2.75, 3.05) is 5.32 Å². The SMILES string of the molecule is O=C(Nc1cnn(Cc2ccccc2F)c1)c1cc(COc2ccc3c(c2)CCC3)cs1. The summed E-state index contributed by atoms with van der Waals surface area (Å²) >= 11 is 1.37. The van der Waals surface area contributed by atoms with E-state index in [-0.39, 0.29) is 11.7 Å². The predicted molar refractivity (Wildman–Crippen MR) is 123 cm³/mol. The fraction of sp³-hybridized carbons (Fsp3) is 0.200. The fourth-order valence-corrected chi connectivity index (χ4v) is 4.68. The molecule has 5 nitrogen and oxygen atoms in total. The third-order valence-corrected chi connectivity index (χ3v) is 6.51. The number of carbonyl (C=O) groups excluding carboxylic acids is 1. The second-order valence-electron chi connectivity index (χ2n) is 7.86. The molecule has 162 valence electrons. The second kappa shape index (κ2) is 8.96. The van der Waals surface area contributed by atoms with Crippen LogP contribution in [0.1, 0.15) is 38.3 Å². The van der Waals surface area contributed by atoms with Gasteiger partial charge in [0.25, 0.3) is 5.91 Å². The first-order valence-corrected chi connectivity index (χ1v) is 11.4. The minimum absolute atomic E-state index is 0.204. The second-order valence-corrected chi connectivity index (χ2v) is 8.78. The molecule has 7 heteroatoms. The molecule has 0 bridgehead atoms. The molecule has 4 aromatic rings. The first-order chi connectivity index (χ1) is 15.6. The zero-order valence-electron chi connectivity index (χ0n) is 17.4. The van der Waals surface area contributed by atoms with Gasteiger partial charge in [0.05, 0.1) is 23.3 Å². The molecule has 1 aliphatic carbocycles. The highest BCUT2D eigenvalue weighted by Gasteiger charge is 2.13. The molecule has 0 radical (unpaired) electrons. The molecule has 0 aliphatic heterocycles. The molecular weight excluding hydrogens is 425 g/mol. The number of aromatic nitrogens is 2. The summed E-state index contributed by atoms with van der Waals surface area (Å²) in [6.45, 7) is 0.717. The Balaban J connectivity index is 1.17. The van der Waals surface area contributed by atoms with Crippen molar-refractivity contribution >= 4 is 22.9 Å². The quantitative estimate of drug-likeness (QED) is 0.410. The Hall–Kier alpha value is -3.45. The van der Waals surface area contributed by atoms with Crippen LogP contribution >= 0.6 is 11.3 Å². The zero-order chi connectivity index (χ0) is 21.9. The molecule has 2 heterocycles. The monoisotopic (exact) mass is 447 g/mol. The van der Waals surface area contributed by atoms with Gasteiger partial charge in [0.1, 0.15) is 18.2 Å². The molecule has 0 saturated carbocycles. The molecule has 0 spiro atoms. The summed E-state index contributed by atoms with van der Waals surface area (Å²) in [5.41, 5.74) is 4.86. The van der Waals surface area contributed by atoms with Crippen LogP contribution in [0, 0.1) is 5.82 Å². The summed E-state index contributed by atoms with van der Waals surface area (Å²) in [6.07, 6.45) is 6.73. The van der Waals surface area contributed by atoms with E-state index in [1.807, 2.05) is 17.5 Å². The van der Waals surface area contributed by atoms with Gasteiger partial charge in [-0.25, -0.2) is 4.39 Å². The standard InChI is InChI=1S/C25H22FN3O2S/c26-23-7-2-1-4-20(23)13-29-14-21(12-27-29)28-25(30)24-10-17(16-32-24)15-31-22-9-8-18-5-3-6-19(18)11-22/h1-2,4,7-12,14,16H,3,5-6,13,15H2,(H,28,30). The van der Waals surface area contributed by atoms with Crippen molar-refractivity contribution in [3.05, 3.63) is 99.3 Å². The van der Waals surface area contributed by atoms with E-state index in [0.29, 0.717) is 29.3 Å². The van der Waals surface area contributed by atoms with E-state index in [9.17, 15) is 9.18 Å². The summed E-state index contributed by atoms with van der Waals surface area (Å²) in [5, 5.41) is 8.99. The van der Waals surface area contributed by atoms with Crippen LogP contribution in [0.5, 0.6) is 5.75 Å². The van der Waals surface area contributed by atoms with Crippen molar-refractivity contribution in [2.45, 2.75) is 32.4 Å². The molecule has 5 rings (SSSR count). The lowest BCUT2D eigenvalue weighted by Gasteiger charge is -2.07. The van der Waals surface area contributed by atoms with E-state index in [2.05, 4.69) is 22.5 Å². The molecule has 0 unspecified atom stereocenters. The normalized spacial score (nSPS) is 12.5. The molecular formula is C25H22FN3O2S. The van der Waals surface area contributed by atoms with Crippen LogP contribution in [-0.2, 0) is 26.0 Å². The molecule has 2 aromatic heterocycles. The molecule has 0 atom stereocenters. The van der Waals surface area contributed by atoms with E-state index < -0.39 is 0 Å². The Kier molecular flexibility index (Phi) is 5.73. The van der Waals surface area contributed by atoms with Gasteiger partial charge in [-0.05, 0) is 60.0 Å². The van der Waals surface area contributed by atoms with Crippen molar-refractivity contribution in [3.63, 3.8) is 0 Å². The van der Waals surface area contributed by atoms with E-state index in [0.717, 1.165) is 24.2 Å². The van der Waals surface area contributed by atoms with Gasteiger partial charge in [-0.15, -0.1) is 11.3 Å². The number of rotatable bonds is 7. The van der Waals surface area contributed by atoms with Crippen molar-refractivity contribution < 1.29 is 13.9 Å². The molecule has 1 amide bonds. The van der Waals surface area contributed by atoms with Crippen molar-refractivity contribution in [1.29, 1.82) is 0 Å². The molecule has 2 aromatic carbocycles. The minimum Gasteiger partial charge on any atom is -0.489 e. The number of nitrogens with zero attached hydrogens (tertiary/aromatic N) is 2. The Morgan fingerprint density at radius 1 is 1.16 bits per heavy atom. The fourth-order valence-electron chi connectivity index (χ4n) is 3.88. The van der Waals surface area contributed by atoms with E-state index in [1.165, 1.54) is 35.0 Å². The summed E-state index contributed by atoms with van der Waals surface area (Å²) in [6, 6.07) is 14.7. The smallest absolute Gasteiger partial charge is 0.265 e. The topological polar surface area (TPSA) is 56.2 Å². The number of nitrogens with one attached hydrogen (secondary N) is 1. The van der Waals surface area contributed by atoms with Gasteiger partial charge in [-0.3, -0.25) is 9.48 Å². The number of hydrogen-bond donors (Lipinski definition) is 1. The van der Waals surface area contributed by atoms with Crippen LogP contribution in [0.4, 0.5) is 10.1 Å². The van der Waals surface area contributed by atoms with E-state index >= 15 is 0 Å². The molecule has 1 N–H and O–H groups in total. The van der Waals surface area contributed by atoms with Crippen molar-refractivity contribution in [1.82, 2.24) is 9.78 Å². The van der Waals surface area contributed by atoms with Crippen molar-refractivity contribution in [2.24, 2.45) is 0 Å². The Bertz CT molecular complexity index is 1260. The maximum atomic E-state index is 13.8. The summed E-state index contributed by atoms with van der Waals surface area (Å²) in [5.74, 6) is 0.385. The van der Waals surface area contributed by atoms with Crippen LogP contribution in [0.25, 0.3) is 0 Å². The number of thiophene rings is 1. The molecule has 32 heavy (non-hydrogen) atoms. The van der Waals surface area contributed by atoms with Gasteiger partial charge >= 0.3 is 0 Å². The lowest BCUT2D eigenvalue weighted by atomic mass is 10.1. The third-order valence-electron chi connectivity index (χ3n) is 5.53. The highest BCUT2D eigenvalue weighted by molar-refractivity contribution is 7.12. The van der Waals surface area contributed by atoms with Gasteiger partial charge in [0, 0.05) is 17.3 Å². The number of fused-ring (bicyclic) bond motifs is 1.